The van der Waals surface area contributed by atoms with Gasteiger partial charge in [0.2, 0.25) is 5.91 Å². The van der Waals surface area contributed by atoms with Gasteiger partial charge < -0.3 is 4.90 Å². The van der Waals surface area contributed by atoms with Crippen molar-refractivity contribution < 1.29 is 4.79 Å². The van der Waals surface area contributed by atoms with Gasteiger partial charge in [-0.3, -0.25) is 9.20 Å². The maximum Gasteiger partial charge on any atom is 0.232 e. The van der Waals surface area contributed by atoms with E-state index in [0.29, 0.717) is 22.9 Å². The third-order valence-corrected chi connectivity index (χ3v) is 6.32. The first kappa shape index (κ1) is 17.9. The maximum atomic E-state index is 12.7. The van der Waals surface area contributed by atoms with Gasteiger partial charge in [-0.25, -0.2) is 4.98 Å². The molecule has 0 saturated carbocycles. The number of piperidine rings is 1. The predicted molar refractivity (Wildman–Crippen MR) is 108 cm³/mol. The number of aryl methyl sites for hydroxylation is 1. The number of nitriles is 1. The van der Waals surface area contributed by atoms with Crippen LogP contribution in [-0.4, -0.2) is 39.0 Å². The van der Waals surface area contributed by atoms with E-state index in [1.807, 2.05) is 46.6 Å². The molecule has 2 aromatic heterocycles. The fraction of sp³-hybridized carbons (Fsp3) is 0.381. The van der Waals surface area contributed by atoms with E-state index in [0.717, 1.165) is 47.6 Å². The summed E-state index contributed by atoms with van der Waals surface area (Å²) in [5.41, 5.74) is 3.97. The van der Waals surface area contributed by atoms with Gasteiger partial charge in [-0.05, 0) is 49.4 Å². The number of hydrogen-bond donors (Lipinski definition) is 0. The van der Waals surface area contributed by atoms with Crippen molar-refractivity contribution in [3.63, 3.8) is 0 Å². The van der Waals surface area contributed by atoms with Crippen molar-refractivity contribution in [3.8, 4) is 6.07 Å². The van der Waals surface area contributed by atoms with Crippen molar-refractivity contribution in [1.82, 2.24) is 14.3 Å². The lowest BCUT2D eigenvalue weighted by molar-refractivity contribution is -0.129. The first-order valence-corrected chi connectivity index (χ1v) is 10.3. The Labute approximate surface area is 163 Å². The highest BCUT2D eigenvalue weighted by Crippen LogP contribution is 2.29. The zero-order chi connectivity index (χ0) is 19.0. The summed E-state index contributed by atoms with van der Waals surface area (Å²) in [6.45, 7) is 5.89. The van der Waals surface area contributed by atoms with Crippen LogP contribution in [0.1, 0.15) is 30.9 Å². The van der Waals surface area contributed by atoms with Crippen LogP contribution < -0.4 is 0 Å². The van der Waals surface area contributed by atoms with Gasteiger partial charge in [-0.1, -0.05) is 30.8 Å². The number of aromatic nitrogens is 2. The third kappa shape index (κ3) is 3.28. The third-order valence-electron chi connectivity index (χ3n) is 5.33. The molecule has 1 aliphatic heterocycles. The fourth-order valence-electron chi connectivity index (χ4n) is 3.64. The van der Waals surface area contributed by atoms with Crippen molar-refractivity contribution in [2.75, 3.05) is 18.8 Å². The van der Waals surface area contributed by atoms with Crippen molar-refractivity contribution in [2.24, 2.45) is 5.92 Å². The number of fused-ring (bicyclic) bond motifs is 3. The van der Waals surface area contributed by atoms with Gasteiger partial charge in [0.05, 0.1) is 27.4 Å². The average Bonchev–Trinajstić information content (AvgIpc) is 3.06. The molecule has 27 heavy (non-hydrogen) atoms. The highest BCUT2D eigenvalue weighted by Gasteiger charge is 2.21. The molecule has 1 amide bonds. The normalized spacial score (nSPS) is 15.4. The van der Waals surface area contributed by atoms with Crippen LogP contribution >= 0.6 is 11.8 Å². The number of amides is 1. The molecule has 0 radical (unpaired) electrons. The highest BCUT2D eigenvalue weighted by molar-refractivity contribution is 7.99. The average molecular weight is 379 g/mol. The van der Waals surface area contributed by atoms with Gasteiger partial charge >= 0.3 is 0 Å². The molecule has 1 aliphatic rings. The number of rotatable bonds is 3. The summed E-state index contributed by atoms with van der Waals surface area (Å²) in [6, 6.07) is 12.1. The molecular formula is C21H22N4OS. The van der Waals surface area contributed by atoms with Crippen LogP contribution in [0.15, 0.2) is 35.4 Å². The molecule has 5 nitrogen and oxygen atoms in total. The van der Waals surface area contributed by atoms with Gasteiger partial charge in [0.1, 0.15) is 6.07 Å². The van der Waals surface area contributed by atoms with Crippen LogP contribution in [0.3, 0.4) is 0 Å². The molecule has 0 aliphatic carbocycles. The number of benzene rings is 1. The molecule has 3 heterocycles. The van der Waals surface area contributed by atoms with Crippen molar-refractivity contribution >= 4 is 34.3 Å². The molecule has 0 atom stereocenters. The lowest BCUT2D eigenvalue weighted by atomic mass is 9.99. The molecule has 0 spiro atoms. The number of hydrogen-bond acceptors (Lipinski definition) is 4. The number of nitrogens with zero attached hydrogens (tertiary/aromatic N) is 4. The predicted octanol–water partition coefficient (Wildman–Crippen LogP) is 4.02. The van der Waals surface area contributed by atoms with Crippen LogP contribution in [0, 0.1) is 24.2 Å². The molecular weight excluding hydrogens is 356 g/mol. The van der Waals surface area contributed by atoms with Gasteiger partial charge in [-0.2, -0.15) is 5.26 Å². The Morgan fingerprint density at radius 3 is 2.81 bits per heavy atom. The zero-order valence-electron chi connectivity index (χ0n) is 15.6. The summed E-state index contributed by atoms with van der Waals surface area (Å²) >= 11 is 1.53. The first-order chi connectivity index (χ1) is 13.1. The second kappa shape index (κ2) is 7.24. The number of pyridine rings is 1. The quantitative estimate of drug-likeness (QED) is 0.646. The number of imidazole rings is 1. The standard InChI is InChI=1S/C21H22N4OS/c1-14-7-9-24(10-8-14)19(26)13-27-20-11-15(2)16(12-22)21-23-17-5-3-4-6-18(17)25(20)21/h3-6,11,14H,7-10,13H2,1-2H3. The maximum absolute atomic E-state index is 12.7. The summed E-state index contributed by atoms with van der Waals surface area (Å²) in [5, 5.41) is 10.5. The molecule has 3 aromatic rings. The van der Waals surface area contributed by atoms with Crippen LogP contribution in [0.2, 0.25) is 0 Å². The molecule has 6 heteroatoms. The topological polar surface area (TPSA) is 61.4 Å². The summed E-state index contributed by atoms with van der Waals surface area (Å²) < 4.78 is 2.01. The molecule has 0 unspecified atom stereocenters. The largest absolute Gasteiger partial charge is 0.342 e. The first-order valence-electron chi connectivity index (χ1n) is 9.30. The summed E-state index contributed by atoms with van der Waals surface area (Å²) in [7, 11) is 0. The highest BCUT2D eigenvalue weighted by atomic mass is 32.2. The van der Waals surface area contributed by atoms with Crippen molar-refractivity contribution in [3.05, 3.63) is 41.5 Å². The number of carbonyl (C=O) groups is 1. The van der Waals surface area contributed by atoms with Crippen LogP contribution in [0.25, 0.3) is 16.7 Å². The van der Waals surface area contributed by atoms with E-state index in [-0.39, 0.29) is 5.91 Å². The minimum Gasteiger partial charge on any atom is -0.342 e. The van der Waals surface area contributed by atoms with Crippen molar-refractivity contribution in [2.45, 2.75) is 31.7 Å². The number of para-hydroxylation sites is 2. The molecule has 1 aromatic carbocycles. The summed E-state index contributed by atoms with van der Waals surface area (Å²) in [5.74, 6) is 1.30. The van der Waals surface area contributed by atoms with E-state index in [2.05, 4.69) is 18.0 Å². The van der Waals surface area contributed by atoms with Crippen LogP contribution in [-0.2, 0) is 4.79 Å². The van der Waals surface area contributed by atoms with Gasteiger partial charge in [0.15, 0.2) is 5.65 Å². The van der Waals surface area contributed by atoms with E-state index in [1.165, 1.54) is 11.8 Å². The lowest BCUT2D eigenvalue weighted by Gasteiger charge is -2.30. The molecule has 0 N–H and O–H groups in total. The Morgan fingerprint density at radius 2 is 2.07 bits per heavy atom. The Hall–Kier alpha value is -2.52. The SMILES string of the molecule is Cc1cc(SCC(=O)N2CCC(C)CC2)n2c(nc3ccccc32)c1C#N. The number of carbonyl (C=O) groups excluding carboxylic acids is 1. The van der Waals surface area contributed by atoms with Gasteiger partial charge in [0.25, 0.3) is 0 Å². The lowest BCUT2D eigenvalue weighted by Crippen LogP contribution is -2.38. The molecule has 138 valence electrons. The Kier molecular flexibility index (Phi) is 4.79. The number of thioether (sulfide) groups is 1. The van der Waals surface area contributed by atoms with Crippen LogP contribution in [0.4, 0.5) is 0 Å². The minimum absolute atomic E-state index is 0.187. The molecule has 0 bridgehead atoms. The van der Waals surface area contributed by atoms with E-state index in [9.17, 15) is 10.1 Å². The smallest absolute Gasteiger partial charge is 0.232 e. The van der Waals surface area contributed by atoms with E-state index in [4.69, 9.17) is 0 Å². The molecule has 4 rings (SSSR count). The Bertz CT molecular complexity index is 1060. The zero-order valence-corrected chi connectivity index (χ0v) is 16.4. The van der Waals surface area contributed by atoms with Gasteiger partial charge in [-0.15, -0.1) is 0 Å². The molecule has 1 fully saturated rings. The van der Waals surface area contributed by atoms with Crippen LogP contribution in [0.5, 0.6) is 0 Å². The van der Waals surface area contributed by atoms with Crippen molar-refractivity contribution in [1.29, 1.82) is 5.26 Å². The fourth-order valence-corrected chi connectivity index (χ4v) is 4.67. The second-order valence-corrected chi connectivity index (χ2v) is 8.26. The van der Waals surface area contributed by atoms with E-state index >= 15 is 0 Å². The monoisotopic (exact) mass is 378 g/mol. The van der Waals surface area contributed by atoms with E-state index in [1.54, 1.807) is 0 Å². The Balaban J connectivity index is 1.67. The second-order valence-electron chi connectivity index (χ2n) is 7.26. The number of likely N-dealkylation sites (tertiary alicyclic amines) is 1. The summed E-state index contributed by atoms with van der Waals surface area (Å²) in [6.07, 6.45) is 2.17. The molecule has 1 saturated heterocycles. The Morgan fingerprint density at radius 1 is 1.33 bits per heavy atom. The van der Waals surface area contributed by atoms with Gasteiger partial charge in [0, 0.05) is 13.1 Å². The summed E-state index contributed by atoms with van der Waals surface area (Å²) in [4.78, 5) is 19.3. The minimum atomic E-state index is 0.187. The van der Waals surface area contributed by atoms with E-state index < -0.39 is 0 Å².